The van der Waals surface area contributed by atoms with Crippen molar-refractivity contribution in [3.05, 3.63) is 28.5 Å². The van der Waals surface area contributed by atoms with E-state index in [1.165, 1.54) is 6.20 Å². The van der Waals surface area contributed by atoms with Crippen molar-refractivity contribution in [1.82, 2.24) is 10.3 Å². The number of halogens is 1. The molecule has 1 heterocycles. The van der Waals surface area contributed by atoms with Gasteiger partial charge in [0, 0.05) is 11.8 Å². The minimum Gasteiger partial charge on any atom is -0.337 e. The molecule has 5 heteroatoms. The second kappa shape index (κ2) is 4.72. The highest BCUT2D eigenvalue weighted by molar-refractivity contribution is 9.10. The fraction of sp³-hybridized carbons (Fsp3) is 0.222. The van der Waals surface area contributed by atoms with Gasteiger partial charge in [0.25, 0.3) is 5.91 Å². The van der Waals surface area contributed by atoms with Crippen molar-refractivity contribution in [1.29, 1.82) is 5.26 Å². The average molecular weight is 254 g/mol. The Hall–Kier alpha value is -1.41. The number of rotatable bonds is 2. The predicted molar refractivity (Wildman–Crippen MR) is 54.5 cm³/mol. The average Bonchev–Trinajstić information content (AvgIpc) is 2.17. The third-order valence-corrected chi connectivity index (χ3v) is 1.96. The highest BCUT2D eigenvalue weighted by atomic mass is 79.9. The zero-order valence-electron chi connectivity index (χ0n) is 7.49. The molecule has 14 heavy (non-hydrogen) atoms. The zero-order chi connectivity index (χ0) is 10.6. The summed E-state index contributed by atoms with van der Waals surface area (Å²) >= 11 is 3.16. The first kappa shape index (κ1) is 10.7. The standard InChI is InChI=1S/C9H8BrN3O/c1-6(5-11)13-9(14)7-2-3-12-8(10)4-7/h2-4,6H,1H3,(H,13,14). The van der Waals surface area contributed by atoms with Crippen LogP contribution < -0.4 is 5.32 Å². The van der Waals surface area contributed by atoms with Gasteiger partial charge in [-0.3, -0.25) is 4.79 Å². The van der Waals surface area contributed by atoms with Gasteiger partial charge in [-0.05, 0) is 35.0 Å². The Bertz CT molecular complexity index is 386. The molecule has 1 atom stereocenters. The molecule has 4 nitrogen and oxygen atoms in total. The molecule has 0 spiro atoms. The number of hydrogen-bond donors (Lipinski definition) is 1. The van der Waals surface area contributed by atoms with Crippen molar-refractivity contribution in [2.75, 3.05) is 0 Å². The van der Waals surface area contributed by atoms with E-state index in [2.05, 4.69) is 26.2 Å². The van der Waals surface area contributed by atoms with Gasteiger partial charge in [0.2, 0.25) is 0 Å². The van der Waals surface area contributed by atoms with Crippen LogP contribution >= 0.6 is 15.9 Å². The second-order valence-electron chi connectivity index (χ2n) is 2.69. The van der Waals surface area contributed by atoms with Gasteiger partial charge in [-0.1, -0.05) is 0 Å². The molecule has 1 rings (SSSR count). The Kier molecular flexibility index (Phi) is 3.60. The molecule has 0 saturated carbocycles. The SMILES string of the molecule is CC(C#N)NC(=O)c1ccnc(Br)c1. The van der Waals surface area contributed by atoms with Crippen LogP contribution in [0.5, 0.6) is 0 Å². The van der Waals surface area contributed by atoms with Gasteiger partial charge >= 0.3 is 0 Å². The monoisotopic (exact) mass is 253 g/mol. The summed E-state index contributed by atoms with van der Waals surface area (Å²) in [6.07, 6.45) is 1.52. The number of nitriles is 1. The third-order valence-electron chi connectivity index (χ3n) is 1.53. The first-order valence-corrected chi connectivity index (χ1v) is 4.75. The summed E-state index contributed by atoms with van der Waals surface area (Å²) in [5.74, 6) is -0.276. The fourth-order valence-corrected chi connectivity index (χ4v) is 1.22. The molecule has 0 fully saturated rings. The topological polar surface area (TPSA) is 65.8 Å². The predicted octanol–water partition coefficient (Wildman–Crippen LogP) is 1.49. The molecule has 0 radical (unpaired) electrons. The largest absolute Gasteiger partial charge is 0.337 e. The maximum atomic E-state index is 11.5. The summed E-state index contributed by atoms with van der Waals surface area (Å²) in [6.45, 7) is 1.62. The van der Waals surface area contributed by atoms with Crippen molar-refractivity contribution in [3.63, 3.8) is 0 Å². The van der Waals surface area contributed by atoms with Crippen LogP contribution in [0.4, 0.5) is 0 Å². The fourth-order valence-electron chi connectivity index (χ4n) is 0.856. The van der Waals surface area contributed by atoms with Crippen molar-refractivity contribution in [3.8, 4) is 6.07 Å². The lowest BCUT2D eigenvalue weighted by atomic mass is 10.2. The summed E-state index contributed by atoms with van der Waals surface area (Å²) in [4.78, 5) is 15.3. The lowest BCUT2D eigenvalue weighted by Gasteiger charge is -2.05. The van der Waals surface area contributed by atoms with Crippen LogP contribution in [0.15, 0.2) is 22.9 Å². The highest BCUT2D eigenvalue weighted by Crippen LogP contribution is 2.07. The van der Waals surface area contributed by atoms with Gasteiger partial charge in [-0.15, -0.1) is 0 Å². The van der Waals surface area contributed by atoms with E-state index in [9.17, 15) is 4.79 Å². The van der Waals surface area contributed by atoms with Crippen LogP contribution in [0, 0.1) is 11.3 Å². The van der Waals surface area contributed by atoms with Gasteiger partial charge in [0.15, 0.2) is 0 Å². The van der Waals surface area contributed by atoms with Gasteiger partial charge in [-0.25, -0.2) is 4.98 Å². The van der Waals surface area contributed by atoms with Gasteiger partial charge in [-0.2, -0.15) is 5.26 Å². The van der Waals surface area contributed by atoms with Crippen LogP contribution in [0.3, 0.4) is 0 Å². The number of pyridine rings is 1. The van der Waals surface area contributed by atoms with E-state index in [0.29, 0.717) is 10.2 Å². The number of carbonyl (C=O) groups is 1. The molecule has 1 aromatic rings. The summed E-state index contributed by atoms with van der Waals surface area (Å²) in [5, 5.41) is 11.0. The first-order chi connectivity index (χ1) is 6.63. The summed E-state index contributed by atoms with van der Waals surface area (Å²) in [7, 11) is 0. The summed E-state index contributed by atoms with van der Waals surface area (Å²) in [6, 6.07) is 4.61. The molecule has 0 aliphatic heterocycles. The van der Waals surface area contributed by atoms with E-state index in [1.54, 1.807) is 19.1 Å². The third kappa shape index (κ3) is 2.82. The van der Waals surface area contributed by atoms with Crippen LogP contribution in [0.1, 0.15) is 17.3 Å². The minimum atomic E-state index is -0.491. The van der Waals surface area contributed by atoms with Gasteiger partial charge in [0.1, 0.15) is 10.6 Å². The van der Waals surface area contributed by atoms with Crippen LogP contribution in [-0.4, -0.2) is 16.9 Å². The van der Waals surface area contributed by atoms with Gasteiger partial charge < -0.3 is 5.32 Å². The van der Waals surface area contributed by atoms with E-state index in [-0.39, 0.29) is 5.91 Å². The molecular weight excluding hydrogens is 246 g/mol. The molecule has 0 aliphatic rings. The van der Waals surface area contributed by atoms with Crippen molar-refractivity contribution < 1.29 is 4.79 Å². The second-order valence-corrected chi connectivity index (χ2v) is 3.50. The first-order valence-electron chi connectivity index (χ1n) is 3.95. The molecule has 0 aliphatic carbocycles. The molecule has 1 N–H and O–H groups in total. The molecular formula is C9H8BrN3O. The number of carbonyl (C=O) groups excluding carboxylic acids is 1. The van der Waals surface area contributed by atoms with Crippen LogP contribution in [-0.2, 0) is 0 Å². The number of hydrogen-bond acceptors (Lipinski definition) is 3. The summed E-state index contributed by atoms with van der Waals surface area (Å²) in [5.41, 5.74) is 0.481. The lowest BCUT2D eigenvalue weighted by Crippen LogP contribution is -2.31. The minimum absolute atomic E-state index is 0.276. The number of amides is 1. The highest BCUT2D eigenvalue weighted by Gasteiger charge is 2.08. The number of nitrogens with zero attached hydrogens (tertiary/aromatic N) is 2. The maximum Gasteiger partial charge on any atom is 0.252 e. The zero-order valence-corrected chi connectivity index (χ0v) is 9.08. The van der Waals surface area contributed by atoms with E-state index in [1.807, 2.05) is 6.07 Å². The van der Waals surface area contributed by atoms with Crippen LogP contribution in [0.2, 0.25) is 0 Å². The molecule has 1 unspecified atom stereocenters. The molecule has 72 valence electrons. The Balaban J connectivity index is 2.76. The van der Waals surface area contributed by atoms with E-state index < -0.39 is 6.04 Å². The Morgan fingerprint density at radius 2 is 2.50 bits per heavy atom. The molecule has 1 amide bonds. The Morgan fingerprint density at radius 3 is 3.07 bits per heavy atom. The Morgan fingerprint density at radius 1 is 1.79 bits per heavy atom. The molecule has 0 bridgehead atoms. The van der Waals surface area contributed by atoms with Gasteiger partial charge in [0.05, 0.1) is 6.07 Å². The van der Waals surface area contributed by atoms with E-state index >= 15 is 0 Å². The van der Waals surface area contributed by atoms with Crippen molar-refractivity contribution >= 4 is 21.8 Å². The molecule has 1 aromatic heterocycles. The van der Waals surface area contributed by atoms with Crippen molar-refractivity contribution in [2.24, 2.45) is 0 Å². The normalized spacial score (nSPS) is 11.5. The maximum absolute atomic E-state index is 11.5. The molecule has 0 saturated heterocycles. The van der Waals surface area contributed by atoms with E-state index in [4.69, 9.17) is 5.26 Å². The lowest BCUT2D eigenvalue weighted by molar-refractivity contribution is 0.0947. The van der Waals surface area contributed by atoms with E-state index in [0.717, 1.165) is 0 Å². The smallest absolute Gasteiger partial charge is 0.252 e. The molecule has 0 aromatic carbocycles. The van der Waals surface area contributed by atoms with Crippen LogP contribution in [0.25, 0.3) is 0 Å². The number of nitrogens with one attached hydrogen (secondary N) is 1. The quantitative estimate of drug-likeness (QED) is 0.813. The Labute approximate surface area is 90.1 Å². The number of aromatic nitrogens is 1. The summed E-state index contributed by atoms with van der Waals surface area (Å²) < 4.78 is 0.592. The van der Waals surface area contributed by atoms with Crippen molar-refractivity contribution in [2.45, 2.75) is 13.0 Å².